The van der Waals surface area contributed by atoms with Gasteiger partial charge in [-0.2, -0.15) is 0 Å². The number of nitrogens with one attached hydrogen (secondary N) is 1. The molecule has 0 aliphatic carbocycles. The zero-order valence-electron chi connectivity index (χ0n) is 17.9. The molecule has 0 aromatic heterocycles. The molecule has 0 heterocycles. The molecule has 0 aliphatic heterocycles. The maximum absolute atomic E-state index is 11.6. The largest absolute Gasteiger partial charge is 0.333 e. The van der Waals surface area contributed by atoms with Crippen molar-refractivity contribution in [2.24, 2.45) is 0 Å². The fourth-order valence-electron chi connectivity index (χ4n) is 2.28. The van der Waals surface area contributed by atoms with Crippen molar-refractivity contribution < 1.29 is 18.8 Å². The third-order valence-corrected chi connectivity index (χ3v) is 6.02. The summed E-state index contributed by atoms with van der Waals surface area (Å²) in [6.07, 6.45) is 23.3. The first-order valence-corrected chi connectivity index (χ1v) is 12.2. The van der Waals surface area contributed by atoms with Crippen molar-refractivity contribution in [2.75, 3.05) is 6.73 Å². The maximum atomic E-state index is 11.6. The zero-order valence-corrected chi connectivity index (χ0v) is 18.8. The first-order chi connectivity index (χ1) is 13.4. The monoisotopic (exact) mass is 413 g/mol. The Morgan fingerprint density at radius 2 is 1.50 bits per heavy atom. The molecule has 1 unspecified atom stereocenters. The van der Waals surface area contributed by atoms with Gasteiger partial charge in [0.05, 0.1) is 5.66 Å². The van der Waals surface area contributed by atoms with Crippen molar-refractivity contribution in [2.45, 2.75) is 90.6 Å². The molecule has 0 aromatic carbocycles. The van der Waals surface area contributed by atoms with Crippen molar-refractivity contribution in [3.05, 3.63) is 36.5 Å². The Morgan fingerprint density at radius 1 is 0.964 bits per heavy atom. The number of rotatable bonds is 17. The minimum Gasteiger partial charge on any atom is -0.333 e. The molecule has 0 rings (SSSR count). The number of allylic oxidation sites excluding steroid dienone is 6. The second-order valence-electron chi connectivity index (χ2n) is 7.16. The average molecular weight is 414 g/mol. The molecule has 162 valence electrons. The highest BCUT2D eigenvalue weighted by molar-refractivity contribution is 7.53. The summed E-state index contributed by atoms with van der Waals surface area (Å²) in [5.41, 5.74) is -0.474. The lowest BCUT2D eigenvalue weighted by molar-refractivity contribution is -0.122. The zero-order chi connectivity index (χ0) is 21.1. The number of amides is 1. The van der Waals surface area contributed by atoms with E-state index in [4.69, 9.17) is 4.52 Å². The normalized spacial score (nSPS) is 14.5. The van der Waals surface area contributed by atoms with Crippen LogP contribution >= 0.6 is 7.60 Å². The third kappa shape index (κ3) is 17.0. The first kappa shape index (κ1) is 26.8. The number of hydrogen-bond acceptors (Lipinski definition) is 3. The smallest absolute Gasteiger partial charge is 0.332 e. The van der Waals surface area contributed by atoms with Gasteiger partial charge in [0.2, 0.25) is 5.91 Å². The van der Waals surface area contributed by atoms with Crippen LogP contribution in [0.4, 0.5) is 0 Å². The van der Waals surface area contributed by atoms with Crippen molar-refractivity contribution in [3.8, 4) is 0 Å². The van der Waals surface area contributed by atoms with E-state index in [9.17, 15) is 14.3 Å². The van der Waals surface area contributed by atoms with Gasteiger partial charge in [0.1, 0.15) is 6.73 Å². The van der Waals surface area contributed by atoms with E-state index < -0.39 is 13.3 Å². The molecule has 1 amide bonds. The molecule has 0 bridgehead atoms. The van der Waals surface area contributed by atoms with Crippen molar-refractivity contribution in [3.63, 3.8) is 0 Å². The lowest BCUT2D eigenvalue weighted by atomic mass is 10.1. The van der Waals surface area contributed by atoms with E-state index in [0.717, 1.165) is 32.1 Å². The van der Waals surface area contributed by atoms with Gasteiger partial charge in [-0.25, -0.2) is 0 Å². The minimum atomic E-state index is -3.62. The highest BCUT2D eigenvalue weighted by atomic mass is 31.2. The molecule has 0 saturated heterocycles. The Labute approximate surface area is 171 Å². The number of hydrogen-bond donors (Lipinski definition) is 2. The molecular formula is C22H40NO4P. The van der Waals surface area contributed by atoms with E-state index in [0.29, 0.717) is 6.42 Å². The molecule has 0 fully saturated rings. The average Bonchev–Trinajstić information content (AvgIpc) is 2.64. The van der Waals surface area contributed by atoms with E-state index in [-0.39, 0.29) is 12.6 Å². The molecule has 0 aliphatic rings. The second kappa shape index (κ2) is 17.9. The number of unbranched alkanes of at least 4 members (excludes halogenated alkanes) is 5. The van der Waals surface area contributed by atoms with Crippen molar-refractivity contribution in [1.82, 2.24) is 5.32 Å². The van der Waals surface area contributed by atoms with Gasteiger partial charge < -0.3 is 10.2 Å². The fraction of sp³-hybridized carbons (Fsp3) is 0.682. The topological polar surface area (TPSA) is 75.6 Å². The molecule has 0 saturated carbocycles. The first-order valence-electron chi connectivity index (χ1n) is 10.6. The lowest BCUT2D eigenvalue weighted by Crippen LogP contribution is -2.25. The summed E-state index contributed by atoms with van der Waals surface area (Å²) in [6, 6.07) is 0. The highest BCUT2D eigenvalue weighted by Gasteiger charge is 2.24. The molecule has 6 heteroatoms. The summed E-state index contributed by atoms with van der Waals surface area (Å²) >= 11 is 0. The summed E-state index contributed by atoms with van der Waals surface area (Å²) in [6.45, 7) is 5.22. The van der Waals surface area contributed by atoms with E-state index >= 15 is 0 Å². The molecule has 0 radical (unpaired) electrons. The Hall–Kier alpha value is -1.16. The molecule has 5 nitrogen and oxygen atoms in total. The van der Waals surface area contributed by atoms with E-state index in [1.54, 1.807) is 13.8 Å². The van der Waals surface area contributed by atoms with Crippen LogP contribution in [0.15, 0.2) is 36.5 Å². The Bertz CT molecular complexity index is 527. The van der Waals surface area contributed by atoms with Gasteiger partial charge >= 0.3 is 7.60 Å². The van der Waals surface area contributed by atoms with Gasteiger partial charge in [-0.05, 0) is 44.9 Å². The van der Waals surface area contributed by atoms with Gasteiger partial charge in [-0.1, -0.05) is 70.1 Å². The third-order valence-electron chi connectivity index (χ3n) is 4.21. The summed E-state index contributed by atoms with van der Waals surface area (Å²) < 4.78 is 16.4. The fourth-order valence-corrected chi connectivity index (χ4v) is 2.83. The maximum Gasteiger partial charge on any atom is 0.332 e. The van der Waals surface area contributed by atoms with Crippen LogP contribution < -0.4 is 5.32 Å². The van der Waals surface area contributed by atoms with E-state index in [2.05, 4.69) is 48.7 Å². The highest BCUT2D eigenvalue weighted by Crippen LogP contribution is 2.46. The predicted octanol–water partition coefficient (Wildman–Crippen LogP) is 6.26. The van der Waals surface area contributed by atoms with Crippen molar-refractivity contribution in [1.29, 1.82) is 0 Å². The van der Waals surface area contributed by atoms with Crippen molar-refractivity contribution >= 4 is 13.5 Å². The minimum absolute atomic E-state index is 0.154. The summed E-state index contributed by atoms with van der Waals surface area (Å²) in [7, 11) is -3.62. The molecule has 28 heavy (non-hydrogen) atoms. The standard InChI is InChI=1S/C22H40NO4P/c1-4-5-6-7-8-9-10-11-12-13-14-15-16-17-18-19-22(24)23-20-27-28(25,26)21(2)3/h8-9,11-12,14-15,21H,4-7,10,13,16-20H2,1-3H3,(H,23,24)(H,25,26)/b9-8-,12-11-,15-14-. The second-order valence-corrected chi connectivity index (χ2v) is 9.58. The van der Waals surface area contributed by atoms with Crippen LogP contribution in [0.5, 0.6) is 0 Å². The summed E-state index contributed by atoms with van der Waals surface area (Å²) in [5.74, 6) is -0.154. The molecule has 0 aromatic rings. The van der Waals surface area contributed by atoms with Gasteiger partial charge in [-0.15, -0.1) is 0 Å². The predicted molar refractivity (Wildman–Crippen MR) is 118 cm³/mol. The van der Waals surface area contributed by atoms with Crippen LogP contribution in [0.1, 0.15) is 85.0 Å². The molecule has 2 N–H and O–H groups in total. The van der Waals surface area contributed by atoms with E-state index in [1.807, 2.05) is 0 Å². The van der Waals surface area contributed by atoms with Crippen LogP contribution in [0, 0.1) is 0 Å². The SMILES string of the molecule is CCCCC/C=C\C/C=C\C/C=C\CCCCC(=O)NCOP(=O)(O)C(C)C. The van der Waals surface area contributed by atoms with Crippen LogP contribution in [-0.4, -0.2) is 23.2 Å². The Morgan fingerprint density at radius 3 is 2.04 bits per heavy atom. The van der Waals surface area contributed by atoms with E-state index in [1.165, 1.54) is 25.7 Å². The van der Waals surface area contributed by atoms with Gasteiger partial charge in [0, 0.05) is 6.42 Å². The van der Waals surface area contributed by atoms with Gasteiger partial charge in [0.25, 0.3) is 0 Å². The van der Waals surface area contributed by atoms with Crippen LogP contribution in [0.2, 0.25) is 0 Å². The molecule has 1 atom stereocenters. The van der Waals surface area contributed by atoms with Gasteiger partial charge in [-0.3, -0.25) is 13.9 Å². The molecular weight excluding hydrogens is 373 g/mol. The quantitative estimate of drug-likeness (QED) is 0.128. The summed E-state index contributed by atoms with van der Waals surface area (Å²) in [5, 5.41) is 2.52. The van der Waals surface area contributed by atoms with Crippen LogP contribution in [0.3, 0.4) is 0 Å². The lowest BCUT2D eigenvalue weighted by Gasteiger charge is -2.15. The number of carbonyl (C=O) groups excluding carboxylic acids is 1. The Balaban J connectivity index is 3.55. The summed E-state index contributed by atoms with van der Waals surface area (Å²) in [4.78, 5) is 21.1. The Kier molecular flexibility index (Phi) is 17.2. The van der Waals surface area contributed by atoms with Crippen LogP contribution in [0.25, 0.3) is 0 Å². The van der Waals surface area contributed by atoms with Gasteiger partial charge in [0.15, 0.2) is 0 Å². The van der Waals surface area contributed by atoms with Crippen LogP contribution in [-0.2, 0) is 13.9 Å². The molecule has 0 spiro atoms. The number of carbonyl (C=O) groups is 1.